The van der Waals surface area contributed by atoms with Crippen molar-refractivity contribution in [2.45, 2.75) is 25.7 Å². The van der Waals surface area contributed by atoms with Crippen LogP contribution in [-0.4, -0.2) is 0 Å². The highest BCUT2D eigenvalue weighted by Gasteiger charge is 1.77. The summed E-state index contributed by atoms with van der Waals surface area (Å²) in [5, 5.41) is 0. The molecule has 0 amide bonds. The molecule has 12 heavy (non-hydrogen) atoms. The minimum Gasteiger partial charge on any atom is -0.0879 e. The van der Waals surface area contributed by atoms with Crippen LogP contribution < -0.4 is 0 Å². The molecule has 0 unspecified atom stereocenters. The SMILES string of the molecule is C1=CCC/C=C\C=C\C/C=C\C1. The van der Waals surface area contributed by atoms with Crippen LogP contribution >= 0.6 is 0 Å². The van der Waals surface area contributed by atoms with Gasteiger partial charge in [-0.2, -0.15) is 0 Å². The van der Waals surface area contributed by atoms with Gasteiger partial charge in [0.05, 0.1) is 0 Å². The fraction of sp³-hybridized carbons (Fsp3) is 0.333. The van der Waals surface area contributed by atoms with Crippen LogP contribution in [0.15, 0.2) is 48.6 Å². The lowest BCUT2D eigenvalue weighted by Gasteiger charge is -1.88. The van der Waals surface area contributed by atoms with E-state index in [0.29, 0.717) is 0 Å². The van der Waals surface area contributed by atoms with Crippen molar-refractivity contribution >= 4 is 0 Å². The van der Waals surface area contributed by atoms with Gasteiger partial charge < -0.3 is 0 Å². The highest BCUT2D eigenvalue weighted by Crippen LogP contribution is 1.98. The molecule has 64 valence electrons. The Kier molecular flexibility index (Phi) is 5.02. The average Bonchev–Trinajstić information content (AvgIpc) is 2.05. The molecule has 1 aliphatic rings. The normalized spacial score (nSPS) is 26.7. The Morgan fingerprint density at radius 3 is 2.00 bits per heavy atom. The second-order valence-corrected chi connectivity index (χ2v) is 2.85. The molecule has 0 bridgehead atoms. The molecule has 0 saturated heterocycles. The zero-order valence-electron chi connectivity index (χ0n) is 7.45. The predicted octanol–water partition coefficient (Wildman–Crippen LogP) is 3.79. The first-order valence-corrected chi connectivity index (χ1v) is 4.62. The smallest absolute Gasteiger partial charge is 0.0166 e. The van der Waals surface area contributed by atoms with E-state index >= 15 is 0 Å². The van der Waals surface area contributed by atoms with E-state index < -0.39 is 0 Å². The zero-order valence-corrected chi connectivity index (χ0v) is 7.45. The second kappa shape index (κ2) is 6.66. The Labute approximate surface area is 75.0 Å². The maximum atomic E-state index is 2.25. The van der Waals surface area contributed by atoms with E-state index in [1.54, 1.807) is 0 Å². The quantitative estimate of drug-likeness (QED) is 0.473. The largest absolute Gasteiger partial charge is 0.0879 e. The number of hydrogen-bond acceptors (Lipinski definition) is 0. The van der Waals surface area contributed by atoms with E-state index in [4.69, 9.17) is 0 Å². The molecule has 0 N–H and O–H groups in total. The van der Waals surface area contributed by atoms with Crippen molar-refractivity contribution in [3.05, 3.63) is 48.6 Å². The molecule has 1 aliphatic carbocycles. The maximum absolute atomic E-state index is 2.25. The summed E-state index contributed by atoms with van der Waals surface area (Å²) in [6, 6.07) is 0. The van der Waals surface area contributed by atoms with Crippen molar-refractivity contribution in [1.29, 1.82) is 0 Å². The summed E-state index contributed by atoms with van der Waals surface area (Å²) < 4.78 is 0. The Morgan fingerprint density at radius 1 is 0.500 bits per heavy atom. The fourth-order valence-corrected chi connectivity index (χ4v) is 1.09. The lowest BCUT2D eigenvalue weighted by atomic mass is 10.2. The van der Waals surface area contributed by atoms with Crippen LogP contribution in [0.5, 0.6) is 0 Å². The summed E-state index contributed by atoms with van der Waals surface area (Å²) >= 11 is 0. The van der Waals surface area contributed by atoms with Gasteiger partial charge in [-0.3, -0.25) is 0 Å². The first-order chi connectivity index (χ1) is 6.00. The maximum Gasteiger partial charge on any atom is -0.0166 e. The van der Waals surface area contributed by atoms with Gasteiger partial charge in [0, 0.05) is 0 Å². The molecule has 0 aromatic rings. The molecule has 0 spiro atoms. The first kappa shape index (κ1) is 9.05. The summed E-state index contributed by atoms with van der Waals surface area (Å²) in [5.74, 6) is 0. The van der Waals surface area contributed by atoms with Crippen LogP contribution in [-0.2, 0) is 0 Å². The van der Waals surface area contributed by atoms with Gasteiger partial charge in [-0.05, 0) is 25.7 Å². The molecule has 0 aromatic carbocycles. The van der Waals surface area contributed by atoms with E-state index in [1.165, 1.54) is 0 Å². The van der Waals surface area contributed by atoms with E-state index in [2.05, 4.69) is 48.6 Å². The minimum absolute atomic E-state index is 1.05. The Morgan fingerprint density at radius 2 is 1.08 bits per heavy atom. The number of rotatable bonds is 0. The second-order valence-electron chi connectivity index (χ2n) is 2.85. The lowest BCUT2D eigenvalue weighted by molar-refractivity contribution is 1.04. The Hall–Kier alpha value is -1.04. The van der Waals surface area contributed by atoms with Gasteiger partial charge >= 0.3 is 0 Å². The van der Waals surface area contributed by atoms with E-state index in [1.807, 2.05) is 0 Å². The molecule has 0 aromatic heterocycles. The molecule has 0 atom stereocenters. The van der Waals surface area contributed by atoms with Crippen LogP contribution in [0.1, 0.15) is 25.7 Å². The van der Waals surface area contributed by atoms with Crippen molar-refractivity contribution < 1.29 is 0 Å². The van der Waals surface area contributed by atoms with Crippen molar-refractivity contribution in [2.75, 3.05) is 0 Å². The highest BCUT2D eigenvalue weighted by molar-refractivity contribution is 5.06. The molecule has 0 nitrogen and oxygen atoms in total. The molecular formula is C12H16. The topological polar surface area (TPSA) is 0 Å². The molecule has 1 rings (SSSR count). The van der Waals surface area contributed by atoms with E-state index in [-0.39, 0.29) is 0 Å². The average molecular weight is 160 g/mol. The Bertz CT molecular complexity index is 204. The molecule has 0 fully saturated rings. The monoisotopic (exact) mass is 160 g/mol. The van der Waals surface area contributed by atoms with Crippen molar-refractivity contribution in [3.63, 3.8) is 0 Å². The van der Waals surface area contributed by atoms with Crippen molar-refractivity contribution in [2.24, 2.45) is 0 Å². The molecular weight excluding hydrogens is 144 g/mol. The van der Waals surface area contributed by atoms with Crippen LogP contribution in [0.4, 0.5) is 0 Å². The third-order valence-electron chi connectivity index (χ3n) is 1.76. The van der Waals surface area contributed by atoms with Gasteiger partial charge in [0.25, 0.3) is 0 Å². The molecule has 0 saturated carbocycles. The first-order valence-electron chi connectivity index (χ1n) is 4.62. The lowest BCUT2D eigenvalue weighted by Crippen LogP contribution is -1.67. The van der Waals surface area contributed by atoms with Crippen molar-refractivity contribution in [3.8, 4) is 0 Å². The molecule has 0 heteroatoms. The molecule has 0 heterocycles. The van der Waals surface area contributed by atoms with Gasteiger partial charge in [-0.15, -0.1) is 0 Å². The number of allylic oxidation sites excluding steroid dienone is 8. The highest BCUT2D eigenvalue weighted by atomic mass is 13.8. The summed E-state index contributed by atoms with van der Waals surface area (Å²) in [6.07, 6.45) is 22.0. The van der Waals surface area contributed by atoms with Gasteiger partial charge in [-0.1, -0.05) is 48.6 Å². The summed E-state index contributed by atoms with van der Waals surface area (Å²) in [6.45, 7) is 0. The van der Waals surface area contributed by atoms with Crippen LogP contribution in [0, 0.1) is 0 Å². The third-order valence-corrected chi connectivity index (χ3v) is 1.76. The van der Waals surface area contributed by atoms with Gasteiger partial charge in [-0.25, -0.2) is 0 Å². The van der Waals surface area contributed by atoms with Crippen LogP contribution in [0.25, 0.3) is 0 Å². The van der Waals surface area contributed by atoms with Gasteiger partial charge in [0.15, 0.2) is 0 Å². The zero-order chi connectivity index (χ0) is 8.49. The summed E-state index contributed by atoms with van der Waals surface area (Å²) in [7, 11) is 0. The molecule has 0 radical (unpaired) electrons. The number of hydrogen-bond donors (Lipinski definition) is 0. The van der Waals surface area contributed by atoms with Gasteiger partial charge in [0.1, 0.15) is 0 Å². The Balaban J connectivity index is 2.41. The minimum atomic E-state index is 1.05. The standard InChI is InChI=1S/C12H16/c1-2-4-6-8-10-12-11-9-7-5-3-1/h1-4,7,9-10,12H,5-6,8,11H2/b3-1+,4-2-,9-7-,12-10?. The van der Waals surface area contributed by atoms with Crippen LogP contribution in [0.2, 0.25) is 0 Å². The van der Waals surface area contributed by atoms with Gasteiger partial charge in [0.2, 0.25) is 0 Å². The predicted molar refractivity (Wildman–Crippen MR) is 55.0 cm³/mol. The fourth-order valence-electron chi connectivity index (χ4n) is 1.09. The summed E-state index contributed by atoms with van der Waals surface area (Å²) in [5.41, 5.74) is 0. The molecule has 0 aliphatic heterocycles. The summed E-state index contributed by atoms with van der Waals surface area (Å²) in [4.78, 5) is 0. The van der Waals surface area contributed by atoms with E-state index in [0.717, 1.165) is 25.7 Å². The third kappa shape index (κ3) is 4.73. The van der Waals surface area contributed by atoms with Crippen molar-refractivity contribution in [1.82, 2.24) is 0 Å². The van der Waals surface area contributed by atoms with E-state index in [9.17, 15) is 0 Å². The van der Waals surface area contributed by atoms with Crippen LogP contribution in [0.3, 0.4) is 0 Å².